The van der Waals surface area contributed by atoms with E-state index < -0.39 is 10.0 Å². The summed E-state index contributed by atoms with van der Waals surface area (Å²) in [4.78, 5) is 18.4. The number of benzene rings is 1. The molecular formula is C15H17ClN4O3S2. The molecule has 0 spiro atoms. The first-order valence-electron chi connectivity index (χ1n) is 7.63. The summed E-state index contributed by atoms with van der Waals surface area (Å²) in [7, 11) is -3.77. The summed E-state index contributed by atoms with van der Waals surface area (Å²) in [5, 5.41) is 6.01. The van der Waals surface area contributed by atoms with Gasteiger partial charge in [-0.15, -0.1) is 11.3 Å². The number of nitrogens with one attached hydrogen (secondary N) is 2. The van der Waals surface area contributed by atoms with Crippen molar-refractivity contribution in [2.75, 3.05) is 24.5 Å². The number of hydrogen-bond donors (Lipinski definition) is 2. The predicted molar refractivity (Wildman–Crippen MR) is 97.5 cm³/mol. The Morgan fingerprint density at radius 1 is 1.44 bits per heavy atom. The van der Waals surface area contributed by atoms with Crippen LogP contribution in [0.1, 0.15) is 6.42 Å². The number of amides is 1. The molecule has 0 saturated carbocycles. The summed E-state index contributed by atoms with van der Waals surface area (Å²) >= 11 is 7.36. The third-order valence-corrected chi connectivity index (χ3v) is 6.24. The van der Waals surface area contributed by atoms with Crippen molar-refractivity contribution < 1.29 is 13.2 Å². The van der Waals surface area contributed by atoms with Crippen LogP contribution < -0.4 is 14.9 Å². The molecule has 2 aromatic rings. The van der Waals surface area contributed by atoms with Crippen molar-refractivity contribution in [1.82, 2.24) is 15.0 Å². The van der Waals surface area contributed by atoms with Crippen molar-refractivity contribution in [3.8, 4) is 0 Å². The van der Waals surface area contributed by atoms with Crippen LogP contribution >= 0.6 is 22.9 Å². The van der Waals surface area contributed by atoms with Crippen LogP contribution in [0.4, 0.5) is 5.13 Å². The number of nitrogens with zero attached hydrogens (tertiary/aromatic N) is 2. The molecule has 134 valence electrons. The zero-order valence-electron chi connectivity index (χ0n) is 13.2. The Kier molecular flexibility index (Phi) is 5.57. The lowest BCUT2D eigenvalue weighted by molar-refractivity contribution is -0.120. The number of halogens is 1. The maximum absolute atomic E-state index is 12.2. The van der Waals surface area contributed by atoms with Crippen LogP contribution in [0.15, 0.2) is 40.7 Å². The van der Waals surface area contributed by atoms with E-state index in [9.17, 15) is 13.2 Å². The Hall–Kier alpha value is -1.68. The average Bonchev–Trinajstić information content (AvgIpc) is 3.24. The van der Waals surface area contributed by atoms with Crippen molar-refractivity contribution in [3.05, 3.63) is 40.9 Å². The molecule has 0 bridgehead atoms. The number of thiazole rings is 1. The van der Waals surface area contributed by atoms with Crippen LogP contribution in [0, 0.1) is 0 Å². The lowest BCUT2D eigenvalue weighted by Gasteiger charge is -2.16. The second-order valence-electron chi connectivity index (χ2n) is 5.60. The topological polar surface area (TPSA) is 91.4 Å². The van der Waals surface area contributed by atoms with Crippen LogP contribution in [-0.2, 0) is 14.8 Å². The molecule has 1 aromatic heterocycles. The Balaban J connectivity index is 1.50. The minimum absolute atomic E-state index is 0.0212. The zero-order valence-corrected chi connectivity index (χ0v) is 15.6. The molecule has 1 atom stereocenters. The first-order chi connectivity index (χ1) is 11.9. The van der Waals surface area contributed by atoms with Gasteiger partial charge in [0.2, 0.25) is 15.9 Å². The van der Waals surface area contributed by atoms with Crippen molar-refractivity contribution >= 4 is 44.0 Å². The predicted octanol–water partition coefficient (Wildman–Crippen LogP) is 1.47. The van der Waals surface area contributed by atoms with Gasteiger partial charge in [0.15, 0.2) is 5.13 Å². The summed E-state index contributed by atoms with van der Waals surface area (Å²) < 4.78 is 26.6. The summed E-state index contributed by atoms with van der Waals surface area (Å²) in [6, 6.07) is 5.87. The molecule has 1 aliphatic heterocycles. The monoisotopic (exact) mass is 400 g/mol. The van der Waals surface area contributed by atoms with Crippen molar-refractivity contribution in [3.63, 3.8) is 0 Å². The summed E-state index contributed by atoms with van der Waals surface area (Å²) in [6.45, 7) is 1.16. The molecule has 2 N–H and O–H groups in total. The van der Waals surface area contributed by atoms with Gasteiger partial charge < -0.3 is 10.2 Å². The van der Waals surface area contributed by atoms with Gasteiger partial charge in [-0.05, 0) is 24.6 Å². The summed E-state index contributed by atoms with van der Waals surface area (Å²) in [6.07, 6.45) is 2.54. The van der Waals surface area contributed by atoms with Gasteiger partial charge in [0.05, 0.1) is 11.4 Å². The molecular weight excluding hydrogens is 384 g/mol. The van der Waals surface area contributed by atoms with E-state index in [2.05, 4.69) is 19.9 Å². The fourth-order valence-corrected chi connectivity index (χ4v) is 4.54. The van der Waals surface area contributed by atoms with Crippen LogP contribution in [0.2, 0.25) is 5.02 Å². The minimum atomic E-state index is -3.77. The molecule has 1 unspecified atom stereocenters. The molecule has 0 aliphatic carbocycles. The minimum Gasteiger partial charge on any atom is -0.350 e. The Morgan fingerprint density at radius 2 is 2.28 bits per heavy atom. The third kappa shape index (κ3) is 4.69. The molecule has 2 heterocycles. The van der Waals surface area contributed by atoms with Gasteiger partial charge >= 0.3 is 0 Å². The fourth-order valence-electron chi connectivity index (χ4n) is 2.58. The maximum atomic E-state index is 12.2. The summed E-state index contributed by atoms with van der Waals surface area (Å²) in [5.41, 5.74) is 0. The van der Waals surface area contributed by atoms with Gasteiger partial charge in [-0.1, -0.05) is 17.7 Å². The molecule has 7 nitrogen and oxygen atoms in total. The fraction of sp³-hybridized carbons (Fsp3) is 0.333. The lowest BCUT2D eigenvalue weighted by Crippen LogP contribution is -2.43. The van der Waals surface area contributed by atoms with Gasteiger partial charge in [-0.3, -0.25) is 4.79 Å². The van der Waals surface area contributed by atoms with Gasteiger partial charge in [-0.25, -0.2) is 18.1 Å². The van der Waals surface area contributed by atoms with Gasteiger partial charge in [0.25, 0.3) is 0 Å². The molecule has 1 fully saturated rings. The van der Waals surface area contributed by atoms with Crippen LogP contribution in [0.5, 0.6) is 0 Å². The quantitative estimate of drug-likeness (QED) is 0.766. The Bertz CT molecular complexity index is 842. The highest BCUT2D eigenvalue weighted by atomic mass is 35.5. The molecule has 10 heteroatoms. The van der Waals surface area contributed by atoms with Crippen molar-refractivity contribution in [2.45, 2.75) is 17.4 Å². The van der Waals surface area contributed by atoms with Gasteiger partial charge in [0.1, 0.15) is 0 Å². The van der Waals surface area contributed by atoms with Gasteiger partial charge in [0, 0.05) is 35.7 Å². The van der Waals surface area contributed by atoms with Gasteiger partial charge in [-0.2, -0.15) is 0 Å². The first kappa shape index (κ1) is 18.1. The number of anilines is 1. The number of rotatable bonds is 6. The van der Waals surface area contributed by atoms with E-state index in [1.807, 2.05) is 5.38 Å². The van der Waals surface area contributed by atoms with E-state index in [-0.39, 0.29) is 23.4 Å². The van der Waals surface area contributed by atoms with Crippen LogP contribution in [0.25, 0.3) is 0 Å². The Labute approximate surface area is 155 Å². The van der Waals surface area contributed by atoms with E-state index in [1.165, 1.54) is 12.1 Å². The zero-order chi connectivity index (χ0) is 17.9. The maximum Gasteiger partial charge on any atom is 0.241 e. The normalized spacial score (nSPS) is 17.6. The van der Waals surface area contributed by atoms with Crippen LogP contribution in [0.3, 0.4) is 0 Å². The number of hydrogen-bond acceptors (Lipinski definition) is 6. The number of sulfonamides is 1. The molecule has 1 saturated heterocycles. The van der Waals surface area contributed by atoms with E-state index in [0.29, 0.717) is 11.6 Å². The SMILES string of the molecule is O=C(CNS(=O)(=O)c1cccc(Cl)c1)NC1CCN(c2nccs2)C1. The smallest absolute Gasteiger partial charge is 0.241 e. The standard InChI is InChI=1S/C15H17ClN4O3S2/c16-11-2-1-3-13(8-11)25(22,23)18-9-14(21)19-12-4-6-20(10-12)15-17-5-7-24-15/h1-3,5,7-8,12,18H,4,6,9-10H2,(H,19,21). The van der Waals surface area contributed by atoms with E-state index in [0.717, 1.165) is 18.1 Å². The highest BCUT2D eigenvalue weighted by Crippen LogP contribution is 2.22. The lowest BCUT2D eigenvalue weighted by atomic mass is 10.2. The van der Waals surface area contributed by atoms with E-state index in [4.69, 9.17) is 11.6 Å². The second kappa shape index (κ2) is 7.69. The largest absolute Gasteiger partial charge is 0.350 e. The van der Waals surface area contributed by atoms with E-state index >= 15 is 0 Å². The van der Waals surface area contributed by atoms with Crippen LogP contribution in [-0.4, -0.2) is 45.0 Å². The first-order valence-corrected chi connectivity index (χ1v) is 10.4. The molecule has 3 rings (SSSR count). The van der Waals surface area contributed by atoms with Crippen molar-refractivity contribution in [1.29, 1.82) is 0 Å². The molecule has 1 amide bonds. The number of aromatic nitrogens is 1. The highest BCUT2D eigenvalue weighted by molar-refractivity contribution is 7.89. The van der Waals surface area contributed by atoms with Crippen molar-refractivity contribution in [2.24, 2.45) is 0 Å². The average molecular weight is 401 g/mol. The molecule has 1 aromatic carbocycles. The Morgan fingerprint density at radius 3 is 3.00 bits per heavy atom. The third-order valence-electron chi connectivity index (χ3n) is 3.77. The van der Waals surface area contributed by atoms with E-state index in [1.54, 1.807) is 29.7 Å². The molecule has 1 aliphatic rings. The summed E-state index contributed by atoms with van der Waals surface area (Å²) in [5.74, 6) is -0.364. The second-order valence-corrected chi connectivity index (χ2v) is 8.67. The molecule has 25 heavy (non-hydrogen) atoms. The molecule has 0 radical (unpaired) electrons. The number of carbonyl (C=O) groups is 1. The highest BCUT2D eigenvalue weighted by Gasteiger charge is 2.25. The number of carbonyl (C=O) groups excluding carboxylic acids is 1.